The maximum absolute atomic E-state index is 12.9. The van der Waals surface area contributed by atoms with Crippen molar-refractivity contribution in [2.75, 3.05) is 26.2 Å². The summed E-state index contributed by atoms with van der Waals surface area (Å²) < 4.78 is 15.8. The largest absolute Gasteiger partial charge is 0.496 e. The van der Waals surface area contributed by atoms with Crippen molar-refractivity contribution in [3.05, 3.63) is 47.8 Å². The summed E-state index contributed by atoms with van der Waals surface area (Å²) in [6, 6.07) is 5.40. The number of carbonyl (C=O) groups excluding carboxylic acids is 3. The molecule has 1 N–H and O–H groups in total. The van der Waals surface area contributed by atoms with E-state index in [0.717, 1.165) is 4.90 Å². The molecule has 1 aromatic heterocycles. The monoisotopic (exact) mass is 383 g/mol. The molecule has 3 rings (SSSR count). The molecule has 144 valence electrons. The summed E-state index contributed by atoms with van der Waals surface area (Å²) >= 11 is 0. The molecule has 1 aromatic carbocycles. The Balaban J connectivity index is 2.09. The third kappa shape index (κ3) is 3.37. The summed E-state index contributed by atoms with van der Waals surface area (Å²) in [5.41, 5.74) is 0.399. The van der Waals surface area contributed by atoms with Gasteiger partial charge < -0.3 is 14.2 Å². The summed E-state index contributed by atoms with van der Waals surface area (Å²) in [4.78, 5) is 42.1. The number of carbonyl (C=O) groups is 3. The normalized spacial score (nSPS) is 15.5. The number of rotatable bonds is 5. The number of pyridine rings is 1. The van der Waals surface area contributed by atoms with Gasteiger partial charge in [-0.25, -0.2) is 9.69 Å². The van der Waals surface area contributed by atoms with Crippen LogP contribution < -0.4 is 24.4 Å². The van der Waals surface area contributed by atoms with Gasteiger partial charge in [0.1, 0.15) is 11.3 Å². The molecule has 1 aliphatic rings. The van der Waals surface area contributed by atoms with Crippen molar-refractivity contribution in [2.45, 2.75) is 0 Å². The Kier molecular flexibility index (Phi) is 5.25. The Bertz CT molecular complexity index is 971. The number of methoxy groups -OCH3 is 3. The van der Waals surface area contributed by atoms with Crippen molar-refractivity contribution < 1.29 is 28.6 Å². The number of anilines is 1. The van der Waals surface area contributed by atoms with Crippen molar-refractivity contribution >= 4 is 29.6 Å². The fraction of sp³-hybridized carbons (Fsp3) is 0.158. The number of nitrogens with zero attached hydrogens (tertiary/aromatic N) is 2. The molecule has 28 heavy (non-hydrogen) atoms. The van der Waals surface area contributed by atoms with Crippen LogP contribution in [0.5, 0.6) is 17.2 Å². The third-order valence-corrected chi connectivity index (χ3v) is 4.04. The quantitative estimate of drug-likeness (QED) is 0.619. The summed E-state index contributed by atoms with van der Waals surface area (Å²) in [6.45, 7) is 0. The van der Waals surface area contributed by atoms with E-state index in [9.17, 15) is 14.4 Å². The molecule has 1 aliphatic heterocycles. The van der Waals surface area contributed by atoms with Crippen LogP contribution in [0.2, 0.25) is 0 Å². The van der Waals surface area contributed by atoms with Crippen LogP contribution >= 0.6 is 0 Å². The minimum Gasteiger partial charge on any atom is -0.496 e. The van der Waals surface area contributed by atoms with Gasteiger partial charge >= 0.3 is 6.03 Å². The predicted octanol–water partition coefficient (Wildman–Crippen LogP) is 1.77. The van der Waals surface area contributed by atoms with Crippen LogP contribution in [0.3, 0.4) is 0 Å². The van der Waals surface area contributed by atoms with E-state index in [1.807, 2.05) is 0 Å². The van der Waals surface area contributed by atoms with E-state index in [2.05, 4.69) is 10.3 Å². The number of urea groups is 1. The number of amides is 4. The first-order chi connectivity index (χ1) is 13.5. The number of nitrogens with one attached hydrogen (secondary N) is 1. The van der Waals surface area contributed by atoms with Crippen molar-refractivity contribution in [3.8, 4) is 17.2 Å². The Morgan fingerprint density at radius 3 is 2.29 bits per heavy atom. The first-order valence-corrected chi connectivity index (χ1v) is 8.11. The standard InChI is InChI=1S/C19H17N3O6/c1-26-14-9-16(28-3)15(27-2)8-11(14)7-13-17(23)21-19(25)22(18(13)24)12-5-4-6-20-10-12/h4-10H,1-3H3,(H,21,23,25)/b13-7+. The molecule has 2 heterocycles. The van der Waals surface area contributed by atoms with E-state index in [0.29, 0.717) is 22.8 Å². The lowest BCUT2D eigenvalue weighted by Crippen LogP contribution is -2.54. The molecule has 1 fully saturated rings. The van der Waals surface area contributed by atoms with Crippen LogP contribution in [-0.4, -0.2) is 44.2 Å². The Morgan fingerprint density at radius 1 is 1.00 bits per heavy atom. The number of ether oxygens (including phenoxy) is 3. The Morgan fingerprint density at radius 2 is 1.68 bits per heavy atom. The number of benzene rings is 1. The van der Waals surface area contributed by atoms with Crippen molar-refractivity contribution in [1.82, 2.24) is 10.3 Å². The third-order valence-electron chi connectivity index (χ3n) is 4.04. The van der Waals surface area contributed by atoms with Crippen LogP contribution in [0.4, 0.5) is 10.5 Å². The molecule has 0 aliphatic carbocycles. The summed E-state index contributed by atoms with van der Waals surface area (Å²) in [5, 5.41) is 2.15. The van der Waals surface area contributed by atoms with Crippen molar-refractivity contribution in [1.29, 1.82) is 0 Å². The molecular weight excluding hydrogens is 366 g/mol. The zero-order valence-electron chi connectivity index (χ0n) is 15.4. The highest BCUT2D eigenvalue weighted by Gasteiger charge is 2.37. The first kappa shape index (κ1) is 18.9. The van der Waals surface area contributed by atoms with Gasteiger partial charge in [-0.3, -0.25) is 19.9 Å². The lowest BCUT2D eigenvalue weighted by Gasteiger charge is -2.26. The molecule has 0 saturated carbocycles. The van der Waals surface area contributed by atoms with Crippen molar-refractivity contribution in [2.24, 2.45) is 0 Å². The van der Waals surface area contributed by atoms with Gasteiger partial charge in [-0.05, 0) is 24.3 Å². The molecular formula is C19H17N3O6. The number of barbiturate groups is 1. The van der Waals surface area contributed by atoms with Gasteiger partial charge in [0.25, 0.3) is 11.8 Å². The van der Waals surface area contributed by atoms with Crippen LogP contribution in [0.25, 0.3) is 6.08 Å². The number of aromatic nitrogens is 1. The van der Waals surface area contributed by atoms with Gasteiger partial charge in [0.2, 0.25) is 0 Å². The molecule has 0 bridgehead atoms. The molecule has 2 aromatic rings. The topological polar surface area (TPSA) is 107 Å². The smallest absolute Gasteiger partial charge is 0.336 e. The van der Waals surface area contributed by atoms with Crippen LogP contribution in [0, 0.1) is 0 Å². The van der Waals surface area contributed by atoms with Gasteiger partial charge in [0, 0.05) is 17.8 Å². The highest BCUT2D eigenvalue weighted by molar-refractivity contribution is 6.39. The first-order valence-electron chi connectivity index (χ1n) is 8.11. The fourth-order valence-electron chi connectivity index (χ4n) is 2.70. The molecule has 4 amide bonds. The molecule has 0 atom stereocenters. The molecule has 9 nitrogen and oxygen atoms in total. The maximum atomic E-state index is 12.9. The minimum absolute atomic E-state index is 0.239. The van der Waals surface area contributed by atoms with Gasteiger partial charge in [-0.15, -0.1) is 0 Å². The molecule has 0 radical (unpaired) electrons. The second-order valence-corrected chi connectivity index (χ2v) is 5.62. The second kappa shape index (κ2) is 7.78. The SMILES string of the molecule is COc1cc(OC)c(OC)cc1/C=C1\C(=O)NC(=O)N(c2cccnc2)C1=O. The number of hydrogen-bond acceptors (Lipinski definition) is 7. The van der Waals surface area contributed by atoms with E-state index >= 15 is 0 Å². The fourth-order valence-corrected chi connectivity index (χ4v) is 2.70. The maximum Gasteiger partial charge on any atom is 0.336 e. The summed E-state index contributed by atoms with van der Waals surface area (Å²) in [6.07, 6.45) is 4.18. The number of hydrogen-bond donors (Lipinski definition) is 1. The van der Waals surface area contributed by atoms with E-state index in [1.165, 1.54) is 45.9 Å². The Hall–Kier alpha value is -3.88. The van der Waals surface area contributed by atoms with Crippen LogP contribution in [0.1, 0.15) is 5.56 Å². The van der Waals surface area contributed by atoms with Gasteiger partial charge in [-0.1, -0.05) is 0 Å². The lowest BCUT2D eigenvalue weighted by molar-refractivity contribution is -0.122. The van der Waals surface area contributed by atoms with Crippen LogP contribution in [-0.2, 0) is 9.59 Å². The summed E-state index contributed by atoms with van der Waals surface area (Å²) in [5.74, 6) is -0.423. The van der Waals surface area contributed by atoms with E-state index < -0.39 is 17.8 Å². The minimum atomic E-state index is -0.848. The van der Waals surface area contributed by atoms with Gasteiger partial charge in [0.15, 0.2) is 11.5 Å². The summed E-state index contributed by atoms with van der Waals surface area (Å²) in [7, 11) is 4.38. The average molecular weight is 383 g/mol. The van der Waals surface area contributed by atoms with E-state index in [-0.39, 0.29) is 11.3 Å². The molecule has 0 spiro atoms. The average Bonchev–Trinajstić information content (AvgIpc) is 2.71. The van der Waals surface area contributed by atoms with Crippen LogP contribution in [0.15, 0.2) is 42.2 Å². The van der Waals surface area contributed by atoms with Gasteiger partial charge in [-0.2, -0.15) is 0 Å². The van der Waals surface area contributed by atoms with E-state index in [4.69, 9.17) is 14.2 Å². The lowest BCUT2D eigenvalue weighted by atomic mass is 10.1. The highest BCUT2D eigenvalue weighted by Crippen LogP contribution is 2.36. The zero-order valence-corrected chi connectivity index (χ0v) is 15.4. The molecule has 0 unspecified atom stereocenters. The molecule has 1 saturated heterocycles. The van der Waals surface area contributed by atoms with Gasteiger partial charge in [0.05, 0.1) is 33.2 Å². The highest BCUT2D eigenvalue weighted by atomic mass is 16.5. The Labute approximate surface area is 160 Å². The van der Waals surface area contributed by atoms with E-state index in [1.54, 1.807) is 18.2 Å². The second-order valence-electron chi connectivity index (χ2n) is 5.62. The number of imide groups is 2. The van der Waals surface area contributed by atoms with Crippen molar-refractivity contribution in [3.63, 3.8) is 0 Å². The predicted molar refractivity (Wildman–Crippen MR) is 99.3 cm³/mol. The molecule has 9 heteroatoms. The zero-order chi connectivity index (χ0) is 20.3.